The molecule has 2 aromatic heterocycles. The number of carbonyl (C=O) groups is 1. The molecule has 0 aliphatic rings. The van der Waals surface area contributed by atoms with Gasteiger partial charge in [0.2, 0.25) is 0 Å². The average molecular weight is 252 g/mol. The highest BCUT2D eigenvalue weighted by atomic mass is 16.1. The van der Waals surface area contributed by atoms with Crippen LogP contribution in [0.2, 0.25) is 0 Å². The van der Waals surface area contributed by atoms with Crippen LogP contribution in [0, 0.1) is 0 Å². The number of rotatable bonds is 3. The van der Waals surface area contributed by atoms with Gasteiger partial charge in [0.15, 0.2) is 5.65 Å². The van der Waals surface area contributed by atoms with E-state index in [0.717, 1.165) is 22.4 Å². The lowest BCUT2D eigenvalue weighted by Crippen LogP contribution is -2.02. The fourth-order valence-electron chi connectivity index (χ4n) is 2.03. The molecule has 0 bridgehead atoms. The maximum Gasteiger partial charge on any atom is 0.166 e. The molecule has 0 unspecified atom stereocenters. The Hall–Kier alpha value is -2.56. The van der Waals surface area contributed by atoms with Crippen molar-refractivity contribution in [1.29, 1.82) is 0 Å². The molecule has 0 aliphatic carbocycles. The summed E-state index contributed by atoms with van der Waals surface area (Å²) in [6.45, 7) is 1.55. The summed E-state index contributed by atoms with van der Waals surface area (Å²) in [7, 11) is 0. The number of hydrogen-bond donors (Lipinski definition) is 0. The Kier molecular flexibility index (Phi) is 2.79. The van der Waals surface area contributed by atoms with Gasteiger partial charge in [0.25, 0.3) is 0 Å². The predicted octanol–water partition coefficient (Wildman–Crippen LogP) is 1.95. The number of carbonyl (C=O) groups excluding carboxylic acids is 1. The van der Waals surface area contributed by atoms with Gasteiger partial charge in [0.1, 0.15) is 12.1 Å². The first-order chi connectivity index (χ1) is 9.25. The van der Waals surface area contributed by atoms with Gasteiger partial charge in [-0.15, -0.1) is 0 Å². The second kappa shape index (κ2) is 4.61. The van der Waals surface area contributed by atoms with E-state index in [1.165, 1.54) is 6.33 Å². The molecule has 3 aromatic rings. The van der Waals surface area contributed by atoms with E-state index in [2.05, 4.69) is 15.1 Å². The lowest BCUT2D eigenvalue weighted by molar-refractivity contribution is -0.116. The lowest BCUT2D eigenvalue weighted by Gasteiger charge is -2.03. The van der Waals surface area contributed by atoms with Gasteiger partial charge in [0, 0.05) is 6.42 Å². The van der Waals surface area contributed by atoms with Crippen molar-refractivity contribution in [3.05, 3.63) is 48.5 Å². The SMILES string of the molecule is CC(=O)Cc1ncnc2c1cnn2-c1ccccc1. The Morgan fingerprint density at radius 3 is 2.74 bits per heavy atom. The largest absolute Gasteiger partial charge is 0.300 e. The van der Waals surface area contributed by atoms with Gasteiger partial charge in [-0.1, -0.05) is 18.2 Å². The summed E-state index contributed by atoms with van der Waals surface area (Å²) in [4.78, 5) is 19.7. The molecule has 0 fully saturated rings. The van der Waals surface area contributed by atoms with Gasteiger partial charge >= 0.3 is 0 Å². The second-order valence-electron chi connectivity index (χ2n) is 4.33. The Labute approximate surface area is 109 Å². The molecule has 0 spiro atoms. The van der Waals surface area contributed by atoms with Gasteiger partial charge < -0.3 is 0 Å². The van der Waals surface area contributed by atoms with Crippen molar-refractivity contribution in [2.75, 3.05) is 0 Å². The van der Waals surface area contributed by atoms with E-state index in [-0.39, 0.29) is 5.78 Å². The fourth-order valence-corrected chi connectivity index (χ4v) is 2.03. The van der Waals surface area contributed by atoms with Crippen LogP contribution >= 0.6 is 0 Å². The van der Waals surface area contributed by atoms with Crippen LogP contribution in [-0.2, 0) is 11.2 Å². The summed E-state index contributed by atoms with van der Waals surface area (Å²) in [5, 5.41) is 5.16. The number of para-hydroxylation sites is 1. The highest BCUT2D eigenvalue weighted by Gasteiger charge is 2.11. The number of ketones is 1. The number of aromatic nitrogens is 4. The maximum atomic E-state index is 11.2. The van der Waals surface area contributed by atoms with E-state index in [4.69, 9.17) is 0 Å². The smallest absolute Gasteiger partial charge is 0.166 e. The number of fused-ring (bicyclic) bond motifs is 1. The van der Waals surface area contributed by atoms with Gasteiger partial charge in [0.05, 0.1) is 23.0 Å². The molecule has 2 heterocycles. The number of benzene rings is 1. The van der Waals surface area contributed by atoms with Crippen molar-refractivity contribution in [3.8, 4) is 5.69 Å². The van der Waals surface area contributed by atoms with Crippen molar-refractivity contribution in [3.63, 3.8) is 0 Å². The molecule has 3 rings (SSSR count). The maximum absolute atomic E-state index is 11.2. The molecule has 19 heavy (non-hydrogen) atoms. The molecule has 0 aliphatic heterocycles. The van der Waals surface area contributed by atoms with Crippen LogP contribution in [-0.4, -0.2) is 25.5 Å². The highest BCUT2D eigenvalue weighted by Crippen LogP contribution is 2.18. The summed E-state index contributed by atoms with van der Waals surface area (Å²) >= 11 is 0. The Morgan fingerprint density at radius 2 is 2.00 bits per heavy atom. The molecule has 5 nitrogen and oxygen atoms in total. The van der Waals surface area contributed by atoms with Crippen LogP contribution in [0.1, 0.15) is 12.6 Å². The fraction of sp³-hybridized carbons (Fsp3) is 0.143. The first kappa shape index (κ1) is 11.5. The molecule has 0 N–H and O–H groups in total. The zero-order valence-electron chi connectivity index (χ0n) is 10.4. The van der Waals surface area contributed by atoms with Crippen molar-refractivity contribution in [2.24, 2.45) is 0 Å². The molecule has 0 saturated carbocycles. The average Bonchev–Trinajstić information content (AvgIpc) is 2.84. The van der Waals surface area contributed by atoms with E-state index < -0.39 is 0 Å². The minimum atomic E-state index is 0.0764. The molecular weight excluding hydrogens is 240 g/mol. The summed E-state index contributed by atoms with van der Waals surface area (Å²) < 4.78 is 1.75. The van der Waals surface area contributed by atoms with Crippen LogP contribution in [0.3, 0.4) is 0 Å². The Morgan fingerprint density at radius 1 is 1.21 bits per heavy atom. The van der Waals surface area contributed by atoms with E-state index in [9.17, 15) is 4.79 Å². The summed E-state index contributed by atoms with van der Waals surface area (Å²) in [6.07, 6.45) is 3.49. The molecular formula is C14H12N4O. The third kappa shape index (κ3) is 2.10. The normalized spacial score (nSPS) is 10.8. The zero-order chi connectivity index (χ0) is 13.2. The molecule has 0 amide bonds. The van der Waals surface area contributed by atoms with Crippen molar-refractivity contribution < 1.29 is 4.79 Å². The summed E-state index contributed by atoms with van der Waals surface area (Å²) in [5.41, 5.74) is 2.38. The predicted molar refractivity (Wildman–Crippen MR) is 71.0 cm³/mol. The number of Topliss-reactive ketones (excluding diaryl/α,β-unsaturated/α-hetero) is 1. The standard InChI is InChI=1S/C14H12N4O/c1-10(19)7-13-12-8-17-18(14(12)16-9-15-13)11-5-3-2-4-6-11/h2-6,8-9H,7H2,1H3. The quantitative estimate of drug-likeness (QED) is 0.714. The summed E-state index contributed by atoms with van der Waals surface area (Å²) in [5.74, 6) is 0.0764. The van der Waals surface area contributed by atoms with Gasteiger partial charge in [-0.2, -0.15) is 5.10 Å². The van der Waals surface area contributed by atoms with E-state index in [1.54, 1.807) is 17.8 Å². The van der Waals surface area contributed by atoms with Gasteiger partial charge in [-0.3, -0.25) is 4.79 Å². The van der Waals surface area contributed by atoms with Crippen LogP contribution in [0.4, 0.5) is 0 Å². The number of hydrogen-bond acceptors (Lipinski definition) is 4. The minimum absolute atomic E-state index is 0.0764. The molecule has 0 atom stereocenters. The highest BCUT2D eigenvalue weighted by molar-refractivity contribution is 5.85. The Bertz CT molecular complexity index is 734. The van der Waals surface area contributed by atoms with Crippen molar-refractivity contribution in [1.82, 2.24) is 19.7 Å². The van der Waals surface area contributed by atoms with Crippen LogP contribution < -0.4 is 0 Å². The number of nitrogens with zero attached hydrogens (tertiary/aromatic N) is 4. The van der Waals surface area contributed by atoms with Crippen molar-refractivity contribution in [2.45, 2.75) is 13.3 Å². The van der Waals surface area contributed by atoms with Gasteiger partial charge in [-0.25, -0.2) is 14.6 Å². The molecule has 1 aromatic carbocycles. The van der Waals surface area contributed by atoms with E-state index in [0.29, 0.717) is 6.42 Å². The first-order valence-corrected chi connectivity index (χ1v) is 5.98. The first-order valence-electron chi connectivity index (χ1n) is 5.98. The Balaban J connectivity index is 2.17. The van der Waals surface area contributed by atoms with E-state index in [1.807, 2.05) is 30.3 Å². The van der Waals surface area contributed by atoms with Crippen LogP contribution in [0.5, 0.6) is 0 Å². The van der Waals surface area contributed by atoms with E-state index >= 15 is 0 Å². The molecule has 94 valence electrons. The topological polar surface area (TPSA) is 60.7 Å². The monoisotopic (exact) mass is 252 g/mol. The molecule has 5 heteroatoms. The van der Waals surface area contributed by atoms with Crippen LogP contribution in [0.25, 0.3) is 16.7 Å². The minimum Gasteiger partial charge on any atom is -0.300 e. The third-order valence-corrected chi connectivity index (χ3v) is 2.87. The molecule has 0 radical (unpaired) electrons. The summed E-state index contributed by atoms with van der Waals surface area (Å²) in [6, 6.07) is 9.75. The second-order valence-corrected chi connectivity index (χ2v) is 4.33. The lowest BCUT2D eigenvalue weighted by atomic mass is 10.2. The van der Waals surface area contributed by atoms with Crippen LogP contribution in [0.15, 0.2) is 42.9 Å². The molecule has 0 saturated heterocycles. The van der Waals surface area contributed by atoms with Gasteiger partial charge in [-0.05, 0) is 19.1 Å². The third-order valence-electron chi connectivity index (χ3n) is 2.87. The van der Waals surface area contributed by atoms with Crippen molar-refractivity contribution >= 4 is 16.8 Å². The zero-order valence-corrected chi connectivity index (χ0v) is 10.4.